The third-order valence-electron chi connectivity index (χ3n) is 6.14. The van der Waals surface area contributed by atoms with Crippen molar-refractivity contribution in [1.82, 2.24) is 0 Å². The van der Waals surface area contributed by atoms with Gasteiger partial charge in [0.25, 0.3) is 0 Å². The molecule has 4 rings (SSSR count). The Balaban J connectivity index is 0.00000121. The third-order valence-corrected chi connectivity index (χ3v) is 6.14. The van der Waals surface area contributed by atoms with Crippen LogP contribution in [0.15, 0.2) is 0 Å². The molecule has 0 aromatic carbocycles. The molecule has 0 saturated heterocycles. The number of carbonyl (C=O) groups is 1. The molecule has 4 bridgehead atoms. The van der Waals surface area contributed by atoms with Crippen molar-refractivity contribution in [2.45, 2.75) is 51.5 Å². The van der Waals surface area contributed by atoms with Gasteiger partial charge in [0.2, 0.25) is 0 Å². The quantitative estimate of drug-likeness (QED) is 0.491. The molecule has 4 aliphatic carbocycles. The molecule has 1 unspecified atom stereocenters. The summed E-state index contributed by atoms with van der Waals surface area (Å²) in [5.41, 5.74) is 0.0929. The maximum atomic E-state index is 13.0. The first-order valence-electron chi connectivity index (χ1n) is 8.65. The Bertz CT molecular complexity index is 352. The lowest BCUT2D eigenvalue weighted by Gasteiger charge is -2.56. The van der Waals surface area contributed by atoms with Crippen LogP contribution in [-0.2, 0) is 4.79 Å². The summed E-state index contributed by atoms with van der Waals surface area (Å²) in [4.78, 5) is 14.5. The molecule has 0 radical (unpaired) electrons. The first kappa shape index (κ1) is 20.2. The fourth-order valence-corrected chi connectivity index (χ4v) is 5.62. The highest BCUT2D eigenvalue weighted by atomic mass is 35.5. The van der Waals surface area contributed by atoms with E-state index in [0.29, 0.717) is 5.78 Å². The number of rotatable bonds is 6. The van der Waals surface area contributed by atoms with Gasteiger partial charge in [0.05, 0.1) is 14.1 Å². The first-order valence-corrected chi connectivity index (χ1v) is 8.65. The third kappa shape index (κ3) is 3.98. The molecule has 130 valence electrons. The van der Waals surface area contributed by atoms with Crippen LogP contribution in [0.1, 0.15) is 45.4 Å². The number of hydrogen-bond donors (Lipinski definition) is 2. The highest BCUT2D eigenvalue weighted by molar-refractivity contribution is 5.88. The van der Waals surface area contributed by atoms with Gasteiger partial charge in [-0.2, -0.15) is 0 Å². The van der Waals surface area contributed by atoms with Crippen LogP contribution in [0.5, 0.6) is 0 Å². The van der Waals surface area contributed by atoms with E-state index in [2.05, 4.69) is 26.3 Å². The van der Waals surface area contributed by atoms with Crippen LogP contribution in [0.3, 0.4) is 0 Å². The second-order valence-corrected chi connectivity index (χ2v) is 8.33. The fourth-order valence-electron chi connectivity index (χ4n) is 5.62. The summed E-state index contributed by atoms with van der Waals surface area (Å²) in [5, 5.41) is 2.29. The Kier molecular flexibility index (Phi) is 7.19. The number of Topliss-reactive ketones (excluding diaryl/α,β-unsaturated/α-hetero) is 1. The Morgan fingerprint density at radius 2 is 1.55 bits per heavy atom. The zero-order chi connectivity index (χ0) is 14.3. The lowest BCUT2D eigenvalue weighted by molar-refractivity contribution is -0.875. The van der Waals surface area contributed by atoms with Gasteiger partial charge >= 0.3 is 0 Å². The van der Waals surface area contributed by atoms with E-state index in [9.17, 15) is 4.79 Å². The van der Waals surface area contributed by atoms with Gasteiger partial charge < -0.3 is 35.0 Å². The number of likely N-dealkylation sites (N-methyl/N-ethyl adjacent to an activating group) is 1. The van der Waals surface area contributed by atoms with E-state index >= 15 is 0 Å². The highest BCUT2D eigenvalue weighted by Gasteiger charge is 2.55. The van der Waals surface area contributed by atoms with Gasteiger partial charge in [-0.25, -0.2) is 0 Å². The molecule has 0 aromatic heterocycles. The fraction of sp³-hybridized carbons (Fsp3) is 0.941. The van der Waals surface area contributed by atoms with E-state index < -0.39 is 0 Å². The molecule has 0 spiro atoms. The summed E-state index contributed by atoms with van der Waals surface area (Å²) in [6.45, 7) is 4.35. The van der Waals surface area contributed by atoms with E-state index in [4.69, 9.17) is 0 Å². The van der Waals surface area contributed by atoms with Crippen molar-refractivity contribution in [1.29, 1.82) is 0 Å². The van der Waals surface area contributed by atoms with Crippen molar-refractivity contribution in [2.75, 3.05) is 27.2 Å². The predicted molar refractivity (Wildman–Crippen MR) is 79.5 cm³/mol. The second-order valence-electron chi connectivity index (χ2n) is 8.33. The van der Waals surface area contributed by atoms with Gasteiger partial charge in [0.15, 0.2) is 5.78 Å². The maximum absolute atomic E-state index is 13.0. The Morgan fingerprint density at radius 3 is 1.95 bits per heavy atom. The molecule has 0 aliphatic heterocycles. The summed E-state index contributed by atoms with van der Waals surface area (Å²) < 4.78 is 0. The number of nitrogens with two attached hydrogens (primary N) is 1. The predicted octanol–water partition coefficient (Wildman–Crippen LogP) is -6.12. The van der Waals surface area contributed by atoms with Gasteiger partial charge in [-0.3, -0.25) is 4.79 Å². The number of ketones is 1. The molecule has 0 heterocycles. The summed E-state index contributed by atoms with van der Waals surface area (Å²) in [6, 6.07) is 0.172. The van der Waals surface area contributed by atoms with Crippen molar-refractivity contribution < 1.29 is 39.8 Å². The minimum absolute atomic E-state index is 0. The zero-order valence-electron chi connectivity index (χ0n) is 14.2. The topological polar surface area (TPSA) is 38.1 Å². The molecule has 3 N–H and O–H groups in total. The SMILES string of the molecule is CC([NH2+]CC[NH+](C)C)C(=O)C12CC3CC(CC(C3)C1)C2.[Cl-].[Cl-]. The molecule has 0 amide bonds. The van der Waals surface area contributed by atoms with E-state index in [1.165, 1.54) is 43.4 Å². The minimum atomic E-state index is 0. The molecule has 1 atom stereocenters. The molecule has 4 aliphatic rings. The van der Waals surface area contributed by atoms with Crippen LogP contribution in [0.25, 0.3) is 0 Å². The number of hydrogen-bond acceptors (Lipinski definition) is 1. The van der Waals surface area contributed by atoms with Crippen molar-refractivity contribution in [3.05, 3.63) is 0 Å². The standard InChI is InChI=1S/C17H30N2O.2ClH/c1-12(18-4-5-19(2)3)16(20)17-9-13-6-14(10-17)8-15(7-13)11-17;;/h12-15,18H,4-11H2,1-3H3;2*1H. The van der Waals surface area contributed by atoms with Crippen LogP contribution < -0.4 is 35.0 Å². The Hall–Kier alpha value is 0.170. The smallest absolute Gasteiger partial charge is 0.195 e. The van der Waals surface area contributed by atoms with E-state index in [0.717, 1.165) is 30.8 Å². The Labute approximate surface area is 147 Å². The summed E-state index contributed by atoms with van der Waals surface area (Å²) in [7, 11) is 4.36. The van der Waals surface area contributed by atoms with Gasteiger partial charge in [0.1, 0.15) is 19.1 Å². The van der Waals surface area contributed by atoms with Gasteiger partial charge in [-0.1, -0.05) is 0 Å². The summed E-state index contributed by atoms with van der Waals surface area (Å²) in [5.74, 6) is 3.22. The number of quaternary nitrogens is 2. The van der Waals surface area contributed by atoms with Crippen LogP contribution in [0, 0.1) is 23.2 Å². The average molecular weight is 351 g/mol. The Morgan fingerprint density at radius 1 is 1.09 bits per heavy atom. The number of carbonyl (C=O) groups excluding carboxylic acids is 1. The largest absolute Gasteiger partial charge is 1.00 e. The molecule has 4 saturated carbocycles. The van der Waals surface area contributed by atoms with Crippen molar-refractivity contribution in [3.8, 4) is 0 Å². The van der Waals surface area contributed by atoms with Crippen molar-refractivity contribution >= 4 is 5.78 Å². The maximum Gasteiger partial charge on any atom is 0.195 e. The van der Waals surface area contributed by atoms with E-state index in [1.807, 2.05) is 0 Å². The molecule has 0 aromatic rings. The lowest BCUT2D eigenvalue weighted by atomic mass is 9.48. The van der Waals surface area contributed by atoms with Gasteiger partial charge in [0, 0.05) is 5.41 Å². The zero-order valence-corrected chi connectivity index (χ0v) is 15.7. The van der Waals surface area contributed by atoms with E-state index in [-0.39, 0.29) is 36.3 Å². The summed E-state index contributed by atoms with van der Waals surface area (Å²) >= 11 is 0. The highest BCUT2D eigenvalue weighted by Crippen LogP contribution is 2.60. The second kappa shape index (κ2) is 7.83. The monoisotopic (exact) mass is 350 g/mol. The average Bonchev–Trinajstić information content (AvgIpc) is 2.35. The number of halogens is 2. The molecular formula is C17H32Cl2N2O. The van der Waals surface area contributed by atoms with Crippen LogP contribution >= 0.6 is 0 Å². The molecule has 22 heavy (non-hydrogen) atoms. The van der Waals surface area contributed by atoms with Crippen molar-refractivity contribution in [3.63, 3.8) is 0 Å². The van der Waals surface area contributed by atoms with Gasteiger partial charge in [-0.15, -0.1) is 0 Å². The van der Waals surface area contributed by atoms with Crippen LogP contribution in [0.2, 0.25) is 0 Å². The molecular weight excluding hydrogens is 319 g/mol. The van der Waals surface area contributed by atoms with Gasteiger partial charge in [-0.05, 0) is 63.2 Å². The van der Waals surface area contributed by atoms with E-state index in [1.54, 1.807) is 0 Å². The van der Waals surface area contributed by atoms with Crippen LogP contribution in [0.4, 0.5) is 0 Å². The molecule has 3 nitrogen and oxygen atoms in total. The van der Waals surface area contributed by atoms with Crippen molar-refractivity contribution in [2.24, 2.45) is 23.2 Å². The summed E-state index contributed by atoms with van der Waals surface area (Å²) in [6.07, 6.45) is 7.93. The number of nitrogens with one attached hydrogen (secondary N) is 1. The molecule has 4 fully saturated rings. The van der Waals surface area contributed by atoms with Crippen LogP contribution in [-0.4, -0.2) is 39.0 Å². The normalized spacial score (nSPS) is 36.6. The lowest BCUT2D eigenvalue weighted by Crippen LogP contribution is -3.10. The minimum Gasteiger partial charge on any atom is -1.00 e. The first-order chi connectivity index (χ1) is 9.48. The molecule has 5 heteroatoms.